The average Bonchev–Trinajstić information content (AvgIpc) is 2.56. The highest BCUT2D eigenvalue weighted by Gasteiger charge is 2.30. The maximum absolute atomic E-state index is 11.7. The summed E-state index contributed by atoms with van der Waals surface area (Å²) in [5.74, 6) is -0.210. The van der Waals surface area contributed by atoms with Crippen molar-refractivity contribution in [2.75, 3.05) is 13.3 Å². The molecule has 1 aliphatic rings. The summed E-state index contributed by atoms with van der Waals surface area (Å²) in [5, 5.41) is 5.64. The lowest BCUT2D eigenvalue weighted by Crippen LogP contribution is -2.22. The van der Waals surface area contributed by atoms with Crippen molar-refractivity contribution in [3.8, 4) is 0 Å². The largest absolute Gasteiger partial charge is 0.272 e. The van der Waals surface area contributed by atoms with Crippen molar-refractivity contribution in [3.63, 3.8) is 0 Å². The van der Waals surface area contributed by atoms with Gasteiger partial charge in [-0.2, -0.15) is 5.10 Å². The first-order valence-electron chi connectivity index (χ1n) is 5.72. The number of carbonyl (C=O) groups excluding carboxylic acids is 1. The van der Waals surface area contributed by atoms with E-state index in [1.807, 2.05) is 32.0 Å². The molecule has 0 fully saturated rings. The van der Waals surface area contributed by atoms with E-state index in [0.717, 1.165) is 21.7 Å². The molecule has 1 aliphatic heterocycles. The van der Waals surface area contributed by atoms with Crippen LogP contribution in [0.15, 0.2) is 28.2 Å². The summed E-state index contributed by atoms with van der Waals surface area (Å²) in [5.41, 5.74) is 2.66. The zero-order valence-electron chi connectivity index (χ0n) is 10.9. The van der Waals surface area contributed by atoms with E-state index in [2.05, 4.69) is 5.10 Å². The first kappa shape index (κ1) is 13.0. The number of hydrogen-bond donors (Lipinski definition) is 0. The summed E-state index contributed by atoms with van der Waals surface area (Å²) in [7, 11) is 0.671. The molecule has 0 radical (unpaired) electrons. The lowest BCUT2D eigenvalue weighted by molar-refractivity contribution is -0.130. The van der Waals surface area contributed by atoms with Gasteiger partial charge >= 0.3 is 0 Å². The molecule has 0 bridgehead atoms. The van der Waals surface area contributed by atoms with Crippen molar-refractivity contribution in [2.45, 2.75) is 18.7 Å². The van der Waals surface area contributed by atoms with Crippen molar-refractivity contribution in [3.05, 3.63) is 29.3 Å². The molecule has 4 nitrogen and oxygen atoms in total. The smallest absolute Gasteiger partial charge is 0.251 e. The van der Waals surface area contributed by atoms with E-state index < -0.39 is 10.8 Å². The minimum Gasteiger partial charge on any atom is -0.272 e. The third-order valence-corrected chi connectivity index (χ3v) is 4.22. The second kappa shape index (κ2) is 4.65. The third-order valence-electron chi connectivity index (χ3n) is 3.14. The molecule has 1 heterocycles. The number of aryl methyl sites for hydroxylation is 1. The Labute approximate surface area is 109 Å². The highest BCUT2D eigenvalue weighted by atomic mass is 32.2. The van der Waals surface area contributed by atoms with Gasteiger partial charge in [0.25, 0.3) is 5.91 Å². The first-order valence-corrected chi connectivity index (χ1v) is 7.28. The van der Waals surface area contributed by atoms with E-state index in [1.54, 1.807) is 13.3 Å². The minimum absolute atomic E-state index is 0.00537. The monoisotopic (exact) mass is 264 g/mol. The number of carbonyl (C=O) groups is 1. The standard InChI is InChI=1S/C13H16N2O2S/c1-8-7-10(5-6-11(8)18(4)17)12-9(2)13(16)15(3)14-12/h5-7,9H,1-4H3. The van der Waals surface area contributed by atoms with Crippen LogP contribution in [0.1, 0.15) is 18.1 Å². The van der Waals surface area contributed by atoms with Gasteiger partial charge in [-0.3, -0.25) is 9.00 Å². The van der Waals surface area contributed by atoms with Crippen molar-refractivity contribution in [2.24, 2.45) is 11.0 Å². The predicted octanol–water partition coefficient (Wildman–Crippen LogP) is 1.54. The molecule has 0 spiro atoms. The fraction of sp³-hybridized carbons (Fsp3) is 0.385. The number of nitrogens with zero attached hydrogens (tertiary/aromatic N) is 2. The van der Waals surface area contributed by atoms with Gasteiger partial charge in [-0.05, 0) is 37.1 Å². The molecular formula is C13H16N2O2S. The van der Waals surface area contributed by atoms with Gasteiger partial charge in [0.2, 0.25) is 0 Å². The summed E-state index contributed by atoms with van der Waals surface area (Å²) >= 11 is 0. The molecule has 0 saturated heterocycles. The molecule has 1 amide bonds. The summed E-state index contributed by atoms with van der Waals surface area (Å²) in [6.07, 6.45) is 1.66. The SMILES string of the molecule is Cc1cc(C2=NN(C)C(=O)C2C)ccc1S(C)=O. The molecule has 96 valence electrons. The Hall–Kier alpha value is -1.49. The first-order chi connectivity index (χ1) is 8.41. The number of rotatable bonds is 2. The highest BCUT2D eigenvalue weighted by molar-refractivity contribution is 7.84. The molecule has 0 aliphatic carbocycles. The van der Waals surface area contributed by atoms with Crippen molar-refractivity contribution in [1.29, 1.82) is 0 Å². The molecule has 1 aromatic carbocycles. The Morgan fingerprint density at radius 1 is 1.39 bits per heavy atom. The topological polar surface area (TPSA) is 49.7 Å². The van der Waals surface area contributed by atoms with Gasteiger partial charge in [-0.15, -0.1) is 0 Å². The average molecular weight is 264 g/mol. The van der Waals surface area contributed by atoms with E-state index in [0.29, 0.717) is 0 Å². The van der Waals surface area contributed by atoms with Crippen LogP contribution in [0.2, 0.25) is 0 Å². The summed E-state index contributed by atoms with van der Waals surface area (Å²) in [6, 6.07) is 5.67. The molecule has 0 N–H and O–H groups in total. The van der Waals surface area contributed by atoms with Gasteiger partial charge in [-0.1, -0.05) is 6.07 Å². The normalized spacial score (nSPS) is 21.1. The van der Waals surface area contributed by atoms with Gasteiger partial charge in [-0.25, -0.2) is 5.01 Å². The highest BCUT2D eigenvalue weighted by Crippen LogP contribution is 2.22. The fourth-order valence-electron chi connectivity index (χ4n) is 2.13. The molecule has 2 rings (SSSR count). The van der Waals surface area contributed by atoms with Gasteiger partial charge in [0, 0.05) is 18.2 Å². The minimum atomic E-state index is -0.990. The summed E-state index contributed by atoms with van der Waals surface area (Å²) in [4.78, 5) is 12.5. The van der Waals surface area contributed by atoms with E-state index in [-0.39, 0.29) is 11.8 Å². The van der Waals surface area contributed by atoms with Gasteiger partial charge in [0.05, 0.1) is 22.4 Å². The van der Waals surface area contributed by atoms with Gasteiger partial charge in [0.15, 0.2) is 0 Å². The second-order valence-corrected chi connectivity index (χ2v) is 5.85. The van der Waals surface area contributed by atoms with E-state index in [4.69, 9.17) is 0 Å². The Morgan fingerprint density at radius 2 is 2.06 bits per heavy atom. The number of amides is 1. The predicted molar refractivity (Wildman–Crippen MR) is 72.0 cm³/mol. The van der Waals surface area contributed by atoms with Crippen LogP contribution in [-0.4, -0.2) is 34.1 Å². The molecule has 1 aromatic rings. The molecule has 0 aromatic heterocycles. The Kier molecular flexibility index (Phi) is 3.34. The van der Waals surface area contributed by atoms with Crippen LogP contribution in [0, 0.1) is 12.8 Å². The van der Waals surface area contributed by atoms with Crippen LogP contribution < -0.4 is 0 Å². The van der Waals surface area contributed by atoms with Crippen LogP contribution in [0.25, 0.3) is 0 Å². The van der Waals surface area contributed by atoms with Crippen LogP contribution in [0.4, 0.5) is 0 Å². The van der Waals surface area contributed by atoms with E-state index >= 15 is 0 Å². The molecular weight excluding hydrogens is 248 g/mol. The third kappa shape index (κ3) is 2.10. The maximum atomic E-state index is 11.7. The summed E-state index contributed by atoms with van der Waals surface area (Å²) in [6.45, 7) is 3.78. The Balaban J connectivity index is 2.42. The number of benzene rings is 1. The van der Waals surface area contributed by atoms with E-state index in [9.17, 15) is 9.00 Å². The number of hydrogen-bond acceptors (Lipinski definition) is 3. The lowest BCUT2D eigenvalue weighted by atomic mass is 9.97. The Morgan fingerprint density at radius 3 is 2.50 bits per heavy atom. The van der Waals surface area contributed by atoms with Crippen molar-refractivity contribution in [1.82, 2.24) is 5.01 Å². The zero-order valence-corrected chi connectivity index (χ0v) is 11.7. The van der Waals surface area contributed by atoms with E-state index in [1.165, 1.54) is 5.01 Å². The molecule has 18 heavy (non-hydrogen) atoms. The van der Waals surface area contributed by atoms with Gasteiger partial charge < -0.3 is 0 Å². The molecule has 2 atom stereocenters. The molecule has 5 heteroatoms. The molecule has 0 saturated carbocycles. The van der Waals surface area contributed by atoms with Crippen LogP contribution in [-0.2, 0) is 15.6 Å². The van der Waals surface area contributed by atoms with Gasteiger partial charge in [0.1, 0.15) is 0 Å². The van der Waals surface area contributed by atoms with Crippen molar-refractivity contribution >= 4 is 22.4 Å². The lowest BCUT2D eigenvalue weighted by Gasteiger charge is -2.08. The molecule has 2 unspecified atom stereocenters. The zero-order chi connectivity index (χ0) is 13.4. The maximum Gasteiger partial charge on any atom is 0.251 e. The van der Waals surface area contributed by atoms with Crippen LogP contribution >= 0.6 is 0 Å². The quantitative estimate of drug-likeness (QED) is 0.813. The number of hydrazone groups is 1. The van der Waals surface area contributed by atoms with Crippen LogP contribution in [0.3, 0.4) is 0 Å². The van der Waals surface area contributed by atoms with Crippen LogP contribution in [0.5, 0.6) is 0 Å². The fourth-order valence-corrected chi connectivity index (χ4v) is 2.91. The van der Waals surface area contributed by atoms with Crippen molar-refractivity contribution < 1.29 is 9.00 Å². The Bertz CT molecular complexity index is 566. The summed E-state index contributed by atoms with van der Waals surface area (Å²) < 4.78 is 11.5. The second-order valence-electron chi connectivity index (χ2n) is 4.50.